The number of benzene rings is 3. The zero-order valence-electron chi connectivity index (χ0n) is 16.0. The van der Waals surface area contributed by atoms with Gasteiger partial charge >= 0.3 is 0 Å². The second-order valence-electron chi connectivity index (χ2n) is 6.28. The van der Waals surface area contributed by atoms with Crippen molar-refractivity contribution in [1.82, 2.24) is 0 Å². The van der Waals surface area contributed by atoms with Gasteiger partial charge in [-0.2, -0.15) is 5.26 Å². The van der Waals surface area contributed by atoms with Crippen LogP contribution in [0.2, 0.25) is 5.02 Å². The maximum absolute atomic E-state index is 10.8. The maximum atomic E-state index is 10.8. The van der Waals surface area contributed by atoms with Crippen LogP contribution < -0.4 is 9.47 Å². The minimum Gasteiger partial charge on any atom is -0.493 e. The second-order valence-corrected chi connectivity index (χ2v) is 6.69. The van der Waals surface area contributed by atoms with Crippen LogP contribution in [0.3, 0.4) is 0 Å². The van der Waals surface area contributed by atoms with Crippen molar-refractivity contribution in [2.45, 2.75) is 6.61 Å². The Morgan fingerprint density at radius 3 is 2.47 bits per heavy atom. The average molecular weight is 421 g/mol. The summed E-state index contributed by atoms with van der Waals surface area (Å²) in [6.07, 6.45) is 1.73. The fourth-order valence-electron chi connectivity index (χ4n) is 2.80. The zero-order chi connectivity index (χ0) is 21.5. The lowest BCUT2D eigenvalue weighted by Crippen LogP contribution is -1.99. The molecule has 0 N–H and O–H groups in total. The quantitative estimate of drug-likeness (QED) is 0.205. The van der Waals surface area contributed by atoms with Crippen molar-refractivity contribution in [3.05, 3.63) is 98.6 Å². The van der Waals surface area contributed by atoms with Crippen molar-refractivity contribution in [1.29, 1.82) is 5.26 Å². The Bertz CT molecular complexity index is 1120. The van der Waals surface area contributed by atoms with Gasteiger partial charge < -0.3 is 9.47 Å². The van der Waals surface area contributed by atoms with Crippen molar-refractivity contribution in [2.75, 3.05) is 7.11 Å². The van der Waals surface area contributed by atoms with Crippen LogP contribution in [0.1, 0.15) is 16.7 Å². The van der Waals surface area contributed by atoms with Crippen LogP contribution in [-0.4, -0.2) is 12.0 Å². The van der Waals surface area contributed by atoms with E-state index in [1.54, 1.807) is 30.3 Å². The number of nitrogens with zero attached hydrogens (tertiary/aromatic N) is 2. The third-order valence-electron chi connectivity index (χ3n) is 4.30. The highest BCUT2D eigenvalue weighted by molar-refractivity contribution is 6.32. The lowest BCUT2D eigenvalue weighted by Gasteiger charge is -2.13. The second kappa shape index (κ2) is 9.59. The molecule has 0 aliphatic carbocycles. The first-order chi connectivity index (χ1) is 14.5. The number of hydrogen-bond donors (Lipinski definition) is 0. The first-order valence-corrected chi connectivity index (χ1v) is 9.30. The Morgan fingerprint density at radius 1 is 1.17 bits per heavy atom. The number of nitro benzene ring substituents is 1. The number of hydrogen-bond acceptors (Lipinski definition) is 5. The van der Waals surface area contributed by atoms with Crippen LogP contribution in [0.5, 0.6) is 11.5 Å². The molecule has 0 fully saturated rings. The number of nitriles is 1. The highest BCUT2D eigenvalue weighted by Gasteiger charge is 2.13. The number of halogens is 1. The number of methoxy groups -OCH3 is 1. The summed E-state index contributed by atoms with van der Waals surface area (Å²) in [5.74, 6) is 0.772. The highest BCUT2D eigenvalue weighted by atomic mass is 35.5. The molecule has 0 radical (unpaired) electrons. The fourth-order valence-corrected chi connectivity index (χ4v) is 3.07. The molecule has 0 unspecified atom stereocenters. The van der Waals surface area contributed by atoms with E-state index in [2.05, 4.69) is 6.07 Å². The topological polar surface area (TPSA) is 85.4 Å². The van der Waals surface area contributed by atoms with E-state index in [0.29, 0.717) is 27.7 Å². The highest BCUT2D eigenvalue weighted by Crippen LogP contribution is 2.38. The number of allylic oxidation sites excluding steroid dienone is 1. The van der Waals surface area contributed by atoms with Crippen molar-refractivity contribution >= 4 is 28.9 Å². The fraction of sp³-hybridized carbons (Fsp3) is 0.0870. The molecule has 3 rings (SSSR count). The number of nitro groups is 1. The first kappa shape index (κ1) is 20.9. The maximum Gasteiger partial charge on any atom is 0.269 e. The number of rotatable bonds is 7. The normalized spacial score (nSPS) is 10.9. The van der Waals surface area contributed by atoms with Crippen LogP contribution in [0.15, 0.2) is 66.7 Å². The standard InChI is InChI=1S/C23H17ClN2O4/c1-29-22-13-17(11-19(14-25)18-5-3-2-4-6-18)12-21(24)23(22)30-15-16-7-9-20(10-8-16)26(27)28/h2-13H,15H2,1H3/b19-11-. The van der Waals surface area contributed by atoms with Gasteiger partial charge in [-0.05, 0) is 47.0 Å². The van der Waals surface area contributed by atoms with Gasteiger partial charge in [0.25, 0.3) is 5.69 Å². The van der Waals surface area contributed by atoms with E-state index in [9.17, 15) is 15.4 Å². The van der Waals surface area contributed by atoms with E-state index in [1.165, 1.54) is 19.2 Å². The molecule has 0 spiro atoms. The summed E-state index contributed by atoms with van der Waals surface area (Å²) in [5.41, 5.74) is 2.75. The van der Waals surface area contributed by atoms with Crippen LogP contribution in [-0.2, 0) is 6.61 Å². The Balaban J connectivity index is 1.84. The average Bonchev–Trinajstić information content (AvgIpc) is 2.77. The minimum absolute atomic E-state index is 0.0113. The molecule has 0 saturated heterocycles. The van der Waals surface area contributed by atoms with E-state index in [1.807, 2.05) is 30.3 Å². The van der Waals surface area contributed by atoms with Gasteiger partial charge in [-0.15, -0.1) is 0 Å². The summed E-state index contributed by atoms with van der Waals surface area (Å²) >= 11 is 6.41. The molecule has 30 heavy (non-hydrogen) atoms. The minimum atomic E-state index is -0.457. The zero-order valence-corrected chi connectivity index (χ0v) is 16.8. The SMILES string of the molecule is COc1cc(/C=C(/C#N)c2ccccc2)cc(Cl)c1OCc1ccc([N+](=O)[O-])cc1. The largest absolute Gasteiger partial charge is 0.493 e. The molecule has 3 aromatic rings. The van der Waals surface area contributed by atoms with Gasteiger partial charge in [0.15, 0.2) is 11.5 Å². The molecule has 150 valence electrons. The van der Waals surface area contributed by atoms with Gasteiger partial charge in [0.05, 0.1) is 28.7 Å². The molecule has 0 aliphatic rings. The van der Waals surface area contributed by atoms with Crippen LogP contribution >= 0.6 is 11.6 Å². The van der Waals surface area contributed by atoms with Crippen LogP contribution in [0, 0.1) is 21.4 Å². The molecular weight excluding hydrogens is 404 g/mol. The van der Waals surface area contributed by atoms with Crippen LogP contribution in [0.4, 0.5) is 5.69 Å². The van der Waals surface area contributed by atoms with Gasteiger partial charge in [-0.1, -0.05) is 41.9 Å². The summed E-state index contributed by atoms with van der Waals surface area (Å²) in [4.78, 5) is 10.3. The van der Waals surface area contributed by atoms with Gasteiger partial charge in [-0.25, -0.2) is 0 Å². The molecule has 3 aromatic carbocycles. The van der Waals surface area contributed by atoms with Crippen molar-refractivity contribution in [3.8, 4) is 17.6 Å². The Hall–Kier alpha value is -3.82. The molecule has 0 aromatic heterocycles. The molecule has 0 heterocycles. The molecule has 7 heteroatoms. The summed E-state index contributed by atoms with van der Waals surface area (Å²) in [5, 5.41) is 20.6. The first-order valence-electron chi connectivity index (χ1n) is 8.92. The van der Waals surface area contributed by atoms with Crippen molar-refractivity contribution in [3.63, 3.8) is 0 Å². The van der Waals surface area contributed by atoms with Gasteiger partial charge in [0, 0.05) is 12.1 Å². The lowest BCUT2D eigenvalue weighted by atomic mass is 10.0. The van der Waals surface area contributed by atoms with Crippen molar-refractivity contribution in [2.24, 2.45) is 0 Å². The van der Waals surface area contributed by atoms with E-state index < -0.39 is 4.92 Å². The van der Waals surface area contributed by atoms with Gasteiger partial charge in [-0.3, -0.25) is 10.1 Å². The Kier molecular flexibility index (Phi) is 6.68. The Morgan fingerprint density at radius 2 is 1.87 bits per heavy atom. The van der Waals surface area contributed by atoms with Crippen molar-refractivity contribution < 1.29 is 14.4 Å². The van der Waals surface area contributed by atoms with Gasteiger partial charge in [0.1, 0.15) is 6.61 Å². The number of ether oxygens (including phenoxy) is 2. The van der Waals surface area contributed by atoms with Crippen LogP contribution in [0.25, 0.3) is 11.6 Å². The van der Waals surface area contributed by atoms with E-state index >= 15 is 0 Å². The third-order valence-corrected chi connectivity index (χ3v) is 4.58. The molecule has 0 aliphatic heterocycles. The molecular formula is C23H17ClN2O4. The summed E-state index contributed by atoms with van der Waals surface area (Å²) in [6.45, 7) is 0.163. The predicted octanol–water partition coefficient (Wildman–Crippen LogP) is 5.90. The Labute approximate surface area is 178 Å². The summed E-state index contributed by atoms with van der Waals surface area (Å²) < 4.78 is 11.2. The summed E-state index contributed by atoms with van der Waals surface area (Å²) in [6, 6.07) is 21.0. The molecule has 6 nitrogen and oxygen atoms in total. The van der Waals surface area contributed by atoms with Gasteiger partial charge in [0.2, 0.25) is 0 Å². The van der Waals surface area contributed by atoms with E-state index in [0.717, 1.165) is 11.1 Å². The summed E-state index contributed by atoms with van der Waals surface area (Å²) in [7, 11) is 1.50. The molecule has 0 atom stereocenters. The molecule has 0 bridgehead atoms. The van der Waals surface area contributed by atoms with E-state index in [4.69, 9.17) is 21.1 Å². The predicted molar refractivity (Wildman–Crippen MR) is 115 cm³/mol. The number of non-ortho nitro benzene ring substituents is 1. The monoisotopic (exact) mass is 420 g/mol. The lowest BCUT2D eigenvalue weighted by molar-refractivity contribution is -0.384. The smallest absolute Gasteiger partial charge is 0.269 e. The molecule has 0 amide bonds. The molecule has 0 saturated carbocycles. The van der Waals surface area contributed by atoms with E-state index in [-0.39, 0.29) is 12.3 Å². The third kappa shape index (κ3) is 4.96.